The number of carbonyl (C=O) groups excluding carboxylic acids is 1. The lowest BCUT2D eigenvalue weighted by Crippen LogP contribution is -2.44. The van der Waals surface area contributed by atoms with Gasteiger partial charge in [0.15, 0.2) is 0 Å². The fourth-order valence-electron chi connectivity index (χ4n) is 1.98. The second-order valence-electron chi connectivity index (χ2n) is 4.59. The van der Waals surface area contributed by atoms with E-state index in [-0.39, 0.29) is 24.5 Å². The number of carbonyl (C=O) groups is 2. The molecule has 5 heteroatoms. The van der Waals surface area contributed by atoms with E-state index in [1.165, 1.54) is 0 Å². The van der Waals surface area contributed by atoms with E-state index in [1.807, 2.05) is 13.8 Å². The molecule has 1 rings (SSSR count). The van der Waals surface area contributed by atoms with Crippen LogP contribution in [0, 0.1) is 5.92 Å². The van der Waals surface area contributed by atoms with Gasteiger partial charge in [0.2, 0.25) is 5.91 Å². The lowest BCUT2D eigenvalue weighted by atomic mass is 10.0. The molecular weight excluding hydrogens is 208 g/mol. The van der Waals surface area contributed by atoms with Crippen LogP contribution >= 0.6 is 0 Å². The number of hydrogen-bond donors (Lipinski definition) is 3. The summed E-state index contributed by atoms with van der Waals surface area (Å²) in [6.45, 7) is 4.17. The molecule has 0 aromatic carbocycles. The van der Waals surface area contributed by atoms with Gasteiger partial charge < -0.3 is 15.7 Å². The van der Waals surface area contributed by atoms with Gasteiger partial charge in [0.1, 0.15) is 0 Å². The molecule has 1 aliphatic rings. The second-order valence-corrected chi connectivity index (χ2v) is 4.59. The minimum Gasteiger partial charge on any atom is -0.481 e. The molecule has 1 fully saturated rings. The first-order valence-corrected chi connectivity index (χ1v) is 5.76. The molecule has 92 valence electrons. The molecule has 1 saturated carbocycles. The summed E-state index contributed by atoms with van der Waals surface area (Å²) >= 11 is 0. The molecule has 3 N–H and O–H groups in total. The molecule has 1 amide bonds. The van der Waals surface area contributed by atoms with Crippen molar-refractivity contribution < 1.29 is 14.7 Å². The second kappa shape index (κ2) is 5.84. The zero-order chi connectivity index (χ0) is 12.1. The van der Waals surface area contributed by atoms with E-state index in [9.17, 15) is 9.59 Å². The molecule has 1 aliphatic carbocycles. The Bertz CT molecular complexity index is 266. The minimum atomic E-state index is -0.806. The van der Waals surface area contributed by atoms with Crippen LogP contribution in [-0.4, -0.2) is 35.6 Å². The van der Waals surface area contributed by atoms with Crippen molar-refractivity contribution >= 4 is 11.9 Å². The van der Waals surface area contributed by atoms with Crippen LogP contribution in [0.3, 0.4) is 0 Å². The fraction of sp³-hybridized carbons (Fsp3) is 0.818. The van der Waals surface area contributed by atoms with Crippen molar-refractivity contribution in [3.63, 3.8) is 0 Å². The summed E-state index contributed by atoms with van der Waals surface area (Å²) in [5, 5.41) is 14.7. The Balaban J connectivity index is 2.35. The smallest absolute Gasteiger partial charge is 0.308 e. The normalized spacial score (nSPS) is 24.7. The Kier molecular flexibility index (Phi) is 4.73. The molecule has 2 unspecified atom stereocenters. The number of carboxylic acid groups (broad SMARTS) is 1. The van der Waals surface area contributed by atoms with Gasteiger partial charge in [-0.1, -0.05) is 20.3 Å². The van der Waals surface area contributed by atoms with Gasteiger partial charge in [0.25, 0.3) is 0 Å². The maximum atomic E-state index is 11.5. The summed E-state index contributed by atoms with van der Waals surface area (Å²) < 4.78 is 0. The summed E-state index contributed by atoms with van der Waals surface area (Å²) in [7, 11) is 0. The van der Waals surface area contributed by atoms with E-state index < -0.39 is 11.9 Å². The van der Waals surface area contributed by atoms with E-state index in [2.05, 4.69) is 10.6 Å². The van der Waals surface area contributed by atoms with Crippen LogP contribution in [0.15, 0.2) is 0 Å². The molecule has 2 atom stereocenters. The van der Waals surface area contributed by atoms with Gasteiger partial charge in [-0.2, -0.15) is 0 Å². The summed E-state index contributed by atoms with van der Waals surface area (Å²) in [5.74, 6) is -1.34. The van der Waals surface area contributed by atoms with Crippen LogP contribution in [0.2, 0.25) is 0 Å². The zero-order valence-corrected chi connectivity index (χ0v) is 9.82. The highest BCUT2D eigenvalue weighted by Crippen LogP contribution is 2.25. The first-order valence-electron chi connectivity index (χ1n) is 5.76. The molecule has 0 radical (unpaired) electrons. The standard InChI is InChI=1S/C11H20N2O3/c1-7(2)12-6-10(14)13-9-5-3-4-8(9)11(15)16/h7-9,12H,3-6H2,1-2H3,(H,13,14)(H,15,16). The lowest BCUT2D eigenvalue weighted by molar-refractivity contribution is -0.142. The number of hydrogen-bond acceptors (Lipinski definition) is 3. The van der Waals surface area contributed by atoms with Gasteiger partial charge in [0, 0.05) is 12.1 Å². The van der Waals surface area contributed by atoms with Crippen molar-refractivity contribution in [2.75, 3.05) is 6.54 Å². The lowest BCUT2D eigenvalue weighted by Gasteiger charge is -2.18. The SMILES string of the molecule is CC(C)NCC(=O)NC1CCCC1C(=O)O. The highest BCUT2D eigenvalue weighted by atomic mass is 16.4. The predicted octanol–water partition coefficient (Wildman–Crippen LogP) is 0.354. The van der Waals surface area contributed by atoms with E-state index in [0.29, 0.717) is 6.42 Å². The molecule has 0 heterocycles. The number of nitrogens with one attached hydrogen (secondary N) is 2. The molecule has 0 aromatic heterocycles. The van der Waals surface area contributed by atoms with Crippen LogP contribution < -0.4 is 10.6 Å². The third kappa shape index (κ3) is 3.81. The fourth-order valence-corrected chi connectivity index (χ4v) is 1.98. The first kappa shape index (κ1) is 13.0. The summed E-state index contributed by atoms with van der Waals surface area (Å²) in [6, 6.07) is 0.0589. The summed E-state index contributed by atoms with van der Waals surface area (Å²) in [4.78, 5) is 22.4. The molecule has 0 bridgehead atoms. The third-order valence-corrected chi connectivity index (χ3v) is 2.85. The molecule has 0 aliphatic heterocycles. The Morgan fingerprint density at radius 1 is 1.38 bits per heavy atom. The number of amides is 1. The van der Waals surface area contributed by atoms with Crippen LogP contribution in [0.5, 0.6) is 0 Å². The zero-order valence-electron chi connectivity index (χ0n) is 9.82. The van der Waals surface area contributed by atoms with Gasteiger partial charge in [-0.15, -0.1) is 0 Å². The van der Waals surface area contributed by atoms with E-state index in [1.54, 1.807) is 0 Å². The average molecular weight is 228 g/mol. The monoisotopic (exact) mass is 228 g/mol. The van der Waals surface area contributed by atoms with Crippen molar-refractivity contribution in [1.29, 1.82) is 0 Å². The summed E-state index contributed by atoms with van der Waals surface area (Å²) in [5.41, 5.74) is 0. The number of carboxylic acids is 1. The molecule has 16 heavy (non-hydrogen) atoms. The van der Waals surface area contributed by atoms with Crippen LogP contribution in [0.25, 0.3) is 0 Å². The maximum absolute atomic E-state index is 11.5. The van der Waals surface area contributed by atoms with Gasteiger partial charge in [-0.25, -0.2) is 0 Å². The number of rotatable bonds is 5. The largest absolute Gasteiger partial charge is 0.481 e. The maximum Gasteiger partial charge on any atom is 0.308 e. The van der Waals surface area contributed by atoms with Crippen molar-refractivity contribution in [1.82, 2.24) is 10.6 Å². The third-order valence-electron chi connectivity index (χ3n) is 2.85. The van der Waals surface area contributed by atoms with Gasteiger partial charge >= 0.3 is 5.97 Å². The Morgan fingerprint density at radius 2 is 2.06 bits per heavy atom. The van der Waals surface area contributed by atoms with Crippen molar-refractivity contribution in [3.8, 4) is 0 Å². The molecular formula is C11H20N2O3. The Morgan fingerprint density at radius 3 is 2.62 bits per heavy atom. The number of aliphatic carboxylic acids is 1. The van der Waals surface area contributed by atoms with Gasteiger partial charge in [-0.05, 0) is 12.8 Å². The molecule has 0 saturated heterocycles. The van der Waals surface area contributed by atoms with Crippen LogP contribution in [0.1, 0.15) is 33.1 Å². The van der Waals surface area contributed by atoms with Gasteiger partial charge in [0.05, 0.1) is 12.5 Å². The highest BCUT2D eigenvalue weighted by molar-refractivity contribution is 5.80. The topological polar surface area (TPSA) is 78.4 Å². The molecule has 0 spiro atoms. The summed E-state index contributed by atoms with van der Waals surface area (Å²) in [6.07, 6.45) is 2.31. The van der Waals surface area contributed by atoms with Gasteiger partial charge in [-0.3, -0.25) is 9.59 Å². The Labute approximate surface area is 95.6 Å². The first-order chi connectivity index (χ1) is 7.50. The van der Waals surface area contributed by atoms with E-state index in [0.717, 1.165) is 12.8 Å². The minimum absolute atomic E-state index is 0.119. The van der Waals surface area contributed by atoms with Crippen LogP contribution in [-0.2, 0) is 9.59 Å². The predicted molar refractivity (Wildman–Crippen MR) is 60.0 cm³/mol. The van der Waals surface area contributed by atoms with E-state index >= 15 is 0 Å². The van der Waals surface area contributed by atoms with Crippen molar-refractivity contribution in [2.45, 2.75) is 45.2 Å². The Hall–Kier alpha value is -1.10. The van der Waals surface area contributed by atoms with Crippen molar-refractivity contribution in [2.24, 2.45) is 5.92 Å². The molecule has 5 nitrogen and oxygen atoms in total. The molecule has 0 aromatic rings. The van der Waals surface area contributed by atoms with Crippen molar-refractivity contribution in [3.05, 3.63) is 0 Å². The quantitative estimate of drug-likeness (QED) is 0.634. The van der Waals surface area contributed by atoms with E-state index in [4.69, 9.17) is 5.11 Å². The highest BCUT2D eigenvalue weighted by Gasteiger charge is 2.33. The average Bonchev–Trinajstić information content (AvgIpc) is 2.62. The van der Waals surface area contributed by atoms with Crippen LogP contribution in [0.4, 0.5) is 0 Å².